The summed E-state index contributed by atoms with van der Waals surface area (Å²) in [6.45, 7) is 0. The molecule has 202 valence electrons. The SMILES string of the molecule is c1ccc(N(c2ccc(-c3cccc4ccc5sc6ccccc6c5c34)cc2)c2ccc3c(c2)oc2ccccc23)cc1. The van der Waals surface area contributed by atoms with Crippen LogP contribution in [0.1, 0.15) is 0 Å². The van der Waals surface area contributed by atoms with Gasteiger partial charge in [-0.25, -0.2) is 0 Å². The fourth-order valence-corrected chi connectivity index (χ4v) is 7.62. The first-order chi connectivity index (χ1) is 21.3. The second-order valence-electron chi connectivity index (χ2n) is 10.9. The lowest BCUT2D eigenvalue weighted by Gasteiger charge is -2.25. The third-order valence-corrected chi connectivity index (χ3v) is 9.59. The van der Waals surface area contributed by atoms with Gasteiger partial charge >= 0.3 is 0 Å². The van der Waals surface area contributed by atoms with Crippen LogP contribution in [0.2, 0.25) is 0 Å². The maximum atomic E-state index is 6.27. The largest absolute Gasteiger partial charge is 0.456 e. The van der Waals surface area contributed by atoms with Crippen LogP contribution in [-0.4, -0.2) is 0 Å². The smallest absolute Gasteiger partial charge is 0.137 e. The van der Waals surface area contributed by atoms with Crippen LogP contribution in [0.3, 0.4) is 0 Å². The summed E-state index contributed by atoms with van der Waals surface area (Å²) in [6, 6.07) is 54.2. The first-order valence-corrected chi connectivity index (χ1v) is 15.3. The molecule has 0 aliphatic rings. The molecule has 0 atom stereocenters. The Hall–Kier alpha value is -5.38. The zero-order valence-electron chi connectivity index (χ0n) is 23.2. The van der Waals surface area contributed by atoms with Crippen molar-refractivity contribution < 1.29 is 4.42 Å². The van der Waals surface area contributed by atoms with Gasteiger partial charge in [0.15, 0.2) is 0 Å². The van der Waals surface area contributed by atoms with Gasteiger partial charge in [0.2, 0.25) is 0 Å². The van der Waals surface area contributed by atoms with Crippen molar-refractivity contribution in [3.63, 3.8) is 0 Å². The van der Waals surface area contributed by atoms with Gasteiger partial charge in [-0.05, 0) is 76.5 Å². The molecule has 0 aliphatic heterocycles. The van der Waals surface area contributed by atoms with E-state index in [1.54, 1.807) is 0 Å². The molecule has 0 saturated carbocycles. The predicted molar refractivity (Wildman–Crippen MR) is 184 cm³/mol. The summed E-state index contributed by atoms with van der Waals surface area (Å²) in [5.74, 6) is 0. The van der Waals surface area contributed by atoms with Crippen molar-refractivity contribution in [2.75, 3.05) is 4.90 Å². The van der Waals surface area contributed by atoms with Crippen molar-refractivity contribution in [2.45, 2.75) is 0 Å². The highest BCUT2D eigenvalue weighted by Crippen LogP contribution is 2.43. The lowest BCUT2D eigenvalue weighted by Crippen LogP contribution is -2.09. The molecule has 2 heterocycles. The van der Waals surface area contributed by atoms with Crippen molar-refractivity contribution >= 4 is 81.3 Å². The van der Waals surface area contributed by atoms with E-state index in [2.05, 4.69) is 144 Å². The zero-order valence-corrected chi connectivity index (χ0v) is 24.0. The van der Waals surface area contributed by atoms with E-state index in [4.69, 9.17) is 4.42 Å². The van der Waals surface area contributed by atoms with Gasteiger partial charge in [-0.1, -0.05) is 91.0 Å². The number of anilines is 3. The van der Waals surface area contributed by atoms with Gasteiger partial charge in [0.05, 0.1) is 0 Å². The fourth-order valence-electron chi connectivity index (χ4n) is 6.50. The van der Waals surface area contributed by atoms with Gasteiger partial charge in [0.25, 0.3) is 0 Å². The van der Waals surface area contributed by atoms with Gasteiger partial charge in [-0.2, -0.15) is 0 Å². The Morgan fingerprint density at radius 3 is 2.05 bits per heavy atom. The molecule has 0 aliphatic carbocycles. The zero-order chi connectivity index (χ0) is 28.3. The van der Waals surface area contributed by atoms with Crippen molar-refractivity contribution in [3.8, 4) is 11.1 Å². The Bertz CT molecular complexity index is 2450. The molecule has 0 bridgehead atoms. The summed E-state index contributed by atoms with van der Waals surface area (Å²) in [5.41, 5.74) is 7.51. The molecular formula is C40H25NOS. The van der Waals surface area contributed by atoms with Crippen LogP contribution in [0.15, 0.2) is 156 Å². The predicted octanol–water partition coefficient (Wildman–Crippen LogP) is 12.2. The third kappa shape index (κ3) is 3.86. The lowest BCUT2D eigenvalue weighted by molar-refractivity contribution is 0.669. The van der Waals surface area contributed by atoms with Crippen LogP contribution in [0.5, 0.6) is 0 Å². The molecule has 43 heavy (non-hydrogen) atoms. The van der Waals surface area contributed by atoms with E-state index in [1.165, 1.54) is 42.1 Å². The molecule has 0 N–H and O–H groups in total. The molecular weight excluding hydrogens is 543 g/mol. The summed E-state index contributed by atoms with van der Waals surface area (Å²) < 4.78 is 8.92. The van der Waals surface area contributed by atoms with E-state index in [9.17, 15) is 0 Å². The number of thiophene rings is 1. The average Bonchev–Trinajstić information content (AvgIpc) is 3.64. The number of hydrogen-bond acceptors (Lipinski definition) is 3. The molecule has 3 heteroatoms. The Balaban J connectivity index is 1.20. The maximum absolute atomic E-state index is 6.27. The Morgan fingerprint density at radius 2 is 1.16 bits per heavy atom. The number of rotatable bonds is 4. The van der Waals surface area contributed by atoms with E-state index in [1.807, 2.05) is 23.5 Å². The minimum atomic E-state index is 0.888. The van der Waals surface area contributed by atoms with Gasteiger partial charge in [0.1, 0.15) is 11.2 Å². The van der Waals surface area contributed by atoms with Crippen molar-refractivity contribution in [1.82, 2.24) is 0 Å². The second-order valence-corrected chi connectivity index (χ2v) is 12.0. The van der Waals surface area contributed by atoms with Gasteiger partial charge in [-0.15, -0.1) is 11.3 Å². The highest BCUT2D eigenvalue weighted by atomic mass is 32.1. The summed E-state index contributed by atoms with van der Waals surface area (Å²) >= 11 is 1.87. The summed E-state index contributed by atoms with van der Waals surface area (Å²) in [6.07, 6.45) is 0. The summed E-state index contributed by atoms with van der Waals surface area (Å²) in [7, 11) is 0. The molecule has 2 aromatic heterocycles. The third-order valence-electron chi connectivity index (χ3n) is 8.46. The minimum absolute atomic E-state index is 0.888. The van der Waals surface area contributed by atoms with Crippen molar-refractivity contribution in [1.29, 1.82) is 0 Å². The normalized spacial score (nSPS) is 11.7. The van der Waals surface area contributed by atoms with Crippen LogP contribution < -0.4 is 4.90 Å². The first-order valence-electron chi connectivity index (χ1n) is 14.5. The van der Waals surface area contributed by atoms with Crippen LogP contribution in [0.4, 0.5) is 17.1 Å². The molecule has 2 nitrogen and oxygen atoms in total. The van der Waals surface area contributed by atoms with E-state index in [0.717, 1.165) is 39.0 Å². The van der Waals surface area contributed by atoms with Gasteiger partial charge in [-0.3, -0.25) is 0 Å². The number of furan rings is 1. The number of fused-ring (bicyclic) bond motifs is 8. The van der Waals surface area contributed by atoms with E-state index in [0.29, 0.717) is 0 Å². The topological polar surface area (TPSA) is 16.4 Å². The number of nitrogens with zero attached hydrogens (tertiary/aromatic N) is 1. The Kier molecular flexibility index (Phi) is 5.40. The second kappa shape index (κ2) is 9.59. The number of para-hydroxylation sites is 2. The first kappa shape index (κ1) is 24.2. The Labute approximate surface area is 252 Å². The van der Waals surface area contributed by atoms with E-state index in [-0.39, 0.29) is 0 Å². The summed E-state index contributed by atoms with van der Waals surface area (Å²) in [4.78, 5) is 2.30. The minimum Gasteiger partial charge on any atom is -0.456 e. The van der Waals surface area contributed by atoms with Crippen molar-refractivity contribution in [2.24, 2.45) is 0 Å². The van der Waals surface area contributed by atoms with Crippen molar-refractivity contribution in [3.05, 3.63) is 152 Å². The van der Waals surface area contributed by atoms with Gasteiger partial charge < -0.3 is 9.32 Å². The molecule has 0 unspecified atom stereocenters. The molecule has 0 saturated heterocycles. The molecule has 0 amide bonds. The highest BCUT2D eigenvalue weighted by Gasteiger charge is 2.17. The Morgan fingerprint density at radius 1 is 0.442 bits per heavy atom. The van der Waals surface area contributed by atoms with E-state index < -0.39 is 0 Å². The van der Waals surface area contributed by atoms with Crippen LogP contribution >= 0.6 is 11.3 Å². The lowest BCUT2D eigenvalue weighted by atomic mass is 9.94. The number of benzene rings is 7. The molecule has 0 radical (unpaired) electrons. The molecule has 0 fully saturated rings. The molecule has 9 rings (SSSR count). The average molecular weight is 568 g/mol. The summed E-state index contributed by atoms with van der Waals surface area (Å²) in [5, 5.41) is 7.53. The highest BCUT2D eigenvalue weighted by molar-refractivity contribution is 7.26. The standard InChI is InChI=1S/C40H25NOS/c1-2-10-28(11-3-1)41(30-22-23-33-32-12-4-6-15-35(32)42-36(33)25-30)29-20-17-26(18-21-29)31-14-8-9-27-19-24-38-40(39(27)31)34-13-5-7-16-37(34)43-38/h1-25H. The quantitative estimate of drug-likeness (QED) is 0.210. The number of hydrogen-bond donors (Lipinski definition) is 0. The van der Waals surface area contributed by atoms with E-state index >= 15 is 0 Å². The monoisotopic (exact) mass is 567 g/mol. The van der Waals surface area contributed by atoms with Crippen LogP contribution in [0.25, 0.3) is 64.0 Å². The molecule has 0 spiro atoms. The van der Waals surface area contributed by atoms with Gasteiger partial charge in [0, 0.05) is 54.1 Å². The maximum Gasteiger partial charge on any atom is 0.137 e. The molecule has 7 aromatic carbocycles. The van der Waals surface area contributed by atoms with Crippen LogP contribution in [0, 0.1) is 0 Å². The molecule has 9 aromatic rings. The fraction of sp³-hybridized carbons (Fsp3) is 0. The van der Waals surface area contributed by atoms with Crippen LogP contribution in [-0.2, 0) is 0 Å².